The third kappa shape index (κ3) is 3.28. The third-order valence-electron chi connectivity index (χ3n) is 4.43. The molecular formula is C19H19N5O2. The zero-order valence-electron chi connectivity index (χ0n) is 14.4. The summed E-state index contributed by atoms with van der Waals surface area (Å²) in [6, 6.07) is 12.5. The number of fused-ring (bicyclic) bond motifs is 1. The Kier molecular flexibility index (Phi) is 4.12. The van der Waals surface area contributed by atoms with E-state index in [2.05, 4.69) is 20.9 Å². The molecule has 0 bridgehead atoms. The molecule has 0 atom stereocenters. The van der Waals surface area contributed by atoms with Crippen LogP contribution in [0.2, 0.25) is 0 Å². The Morgan fingerprint density at radius 2 is 1.77 bits per heavy atom. The SMILES string of the molecule is CCn1nnc2cc(C(=O)Nc3ccc(NC(=O)C4CC4)cc3)ccc21. The predicted octanol–water partition coefficient (Wildman–Crippen LogP) is 3.05. The van der Waals surface area contributed by atoms with Gasteiger partial charge in [-0.15, -0.1) is 5.10 Å². The first-order chi connectivity index (χ1) is 12.6. The van der Waals surface area contributed by atoms with Gasteiger partial charge in [-0.2, -0.15) is 0 Å². The molecule has 1 fully saturated rings. The highest BCUT2D eigenvalue weighted by atomic mass is 16.2. The van der Waals surface area contributed by atoms with E-state index in [1.807, 2.05) is 13.0 Å². The molecule has 2 aromatic carbocycles. The number of anilines is 2. The van der Waals surface area contributed by atoms with Crippen LogP contribution in [0.1, 0.15) is 30.1 Å². The van der Waals surface area contributed by atoms with Gasteiger partial charge >= 0.3 is 0 Å². The van der Waals surface area contributed by atoms with Crippen molar-refractivity contribution in [2.45, 2.75) is 26.3 Å². The van der Waals surface area contributed by atoms with E-state index in [0.29, 0.717) is 16.8 Å². The quantitative estimate of drug-likeness (QED) is 0.741. The molecule has 2 N–H and O–H groups in total. The summed E-state index contributed by atoms with van der Waals surface area (Å²) in [5.41, 5.74) is 3.51. The Hall–Kier alpha value is -3.22. The zero-order valence-corrected chi connectivity index (χ0v) is 14.4. The van der Waals surface area contributed by atoms with Crippen LogP contribution in [0, 0.1) is 5.92 Å². The topological polar surface area (TPSA) is 88.9 Å². The monoisotopic (exact) mass is 349 g/mol. The number of hydrogen-bond donors (Lipinski definition) is 2. The fourth-order valence-electron chi connectivity index (χ4n) is 2.78. The molecule has 132 valence electrons. The van der Waals surface area contributed by atoms with E-state index in [0.717, 1.165) is 30.6 Å². The predicted molar refractivity (Wildman–Crippen MR) is 99.0 cm³/mol. The number of nitrogens with zero attached hydrogens (tertiary/aromatic N) is 3. The number of nitrogens with one attached hydrogen (secondary N) is 2. The van der Waals surface area contributed by atoms with Gasteiger partial charge in [-0.05, 0) is 62.2 Å². The van der Waals surface area contributed by atoms with Gasteiger partial charge in [0.1, 0.15) is 5.52 Å². The molecule has 0 aliphatic heterocycles. The molecule has 1 aliphatic carbocycles. The number of carbonyl (C=O) groups excluding carboxylic acids is 2. The van der Waals surface area contributed by atoms with Gasteiger partial charge < -0.3 is 10.6 Å². The molecular weight excluding hydrogens is 330 g/mol. The van der Waals surface area contributed by atoms with Crippen LogP contribution < -0.4 is 10.6 Å². The van der Waals surface area contributed by atoms with Crippen LogP contribution in [-0.4, -0.2) is 26.8 Å². The van der Waals surface area contributed by atoms with Gasteiger partial charge in [0.25, 0.3) is 5.91 Å². The molecule has 1 aliphatic rings. The molecule has 0 unspecified atom stereocenters. The molecule has 26 heavy (non-hydrogen) atoms. The second-order valence-electron chi connectivity index (χ2n) is 6.40. The number of benzene rings is 2. The van der Waals surface area contributed by atoms with E-state index in [-0.39, 0.29) is 17.7 Å². The van der Waals surface area contributed by atoms with E-state index in [1.165, 1.54) is 0 Å². The van der Waals surface area contributed by atoms with Crippen molar-refractivity contribution < 1.29 is 9.59 Å². The van der Waals surface area contributed by atoms with Gasteiger partial charge in [0, 0.05) is 29.4 Å². The van der Waals surface area contributed by atoms with Gasteiger partial charge in [-0.1, -0.05) is 5.21 Å². The van der Waals surface area contributed by atoms with Crippen molar-refractivity contribution in [3.05, 3.63) is 48.0 Å². The smallest absolute Gasteiger partial charge is 0.255 e. The summed E-state index contributed by atoms with van der Waals surface area (Å²) in [4.78, 5) is 24.2. The molecule has 2 amide bonds. The number of aryl methyl sites for hydroxylation is 1. The molecule has 0 radical (unpaired) electrons. The van der Waals surface area contributed by atoms with Gasteiger partial charge in [-0.3, -0.25) is 9.59 Å². The lowest BCUT2D eigenvalue weighted by Crippen LogP contribution is -2.14. The minimum Gasteiger partial charge on any atom is -0.326 e. The summed E-state index contributed by atoms with van der Waals surface area (Å²) in [7, 11) is 0. The Morgan fingerprint density at radius 1 is 1.08 bits per heavy atom. The molecule has 0 spiro atoms. The molecule has 1 saturated carbocycles. The van der Waals surface area contributed by atoms with Crippen molar-refractivity contribution in [1.29, 1.82) is 0 Å². The van der Waals surface area contributed by atoms with Crippen LogP contribution in [0.4, 0.5) is 11.4 Å². The largest absolute Gasteiger partial charge is 0.326 e. The first-order valence-corrected chi connectivity index (χ1v) is 8.69. The lowest BCUT2D eigenvalue weighted by atomic mass is 10.1. The number of rotatable bonds is 5. The summed E-state index contributed by atoms with van der Waals surface area (Å²) in [6.07, 6.45) is 1.94. The van der Waals surface area contributed by atoms with Crippen LogP contribution in [0.25, 0.3) is 11.0 Å². The Bertz CT molecular complexity index is 973. The summed E-state index contributed by atoms with van der Waals surface area (Å²) in [5, 5.41) is 13.9. The van der Waals surface area contributed by atoms with Crippen molar-refractivity contribution in [1.82, 2.24) is 15.0 Å². The Balaban J connectivity index is 1.44. The van der Waals surface area contributed by atoms with E-state index in [9.17, 15) is 9.59 Å². The van der Waals surface area contributed by atoms with E-state index in [1.54, 1.807) is 41.1 Å². The van der Waals surface area contributed by atoms with Crippen LogP contribution in [0.5, 0.6) is 0 Å². The first-order valence-electron chi connectivity index (χ1n) is 8.69. The average molecular weight is 349 g/mol. The Morgan fingerprint density at radius 3 is 2.42 bits per heavy atom. The fraction of sp³-hybridized carbons (Fsp3) is 0.263. The molecule has 1 heterocycles. The normalized spacial score (nSPS) is 13.6. The van der Waals surface area contributed by atoms with Crippen LogP contribution in [-0.2, 0) is 11.3 Å². The lowest BCUT2D eigenvalue weighted by Gasteiger charge is -2.08. The maximum atomic E-state index is 12.5. The van der Waals surface area contributed by atoms with E-state index < -0.39 is 0 Å². The lowest BCUT2D eigenvalue weighted by molar-refractivity contribution is -0.117. The van der Waals surface area contributed by atoms with Gasteiger partial charge in [0.2, 0.25) is 5.91 Å². The average Bonchev–Trinajstić information content (AvgIpc) is 3.43. The van der Waals surface area contributed by atoms with E-state index >= 15 is 0 Å². The van der Waals surface area contributed by atoms with Crippen molar-refractivity contribution in [3.63, 3.8) is 0 Å². The summed E-state index contributed by atoms with van der Waals surface area (Å²) < 4.78 is 1.78. The zero-order chi connectivity index (χ0) is 18.1. The van der Waals surface area contributed by atoms with Crippen molar-refractivity contribution in [2.75, 3.05) is 10.6 Å². The summed E-state index contributed by atoms with van der Waals surface area (Å²) in [6.45, 7) is 2.72. The fourth-order valence-corrected chi connectivity index (χ4v) is 2.78. The highest BCUT2D eigenvalue weighted by molar-refractivity contribution is 6.06. The van der Waals surface area contributed by atoms with Gasteiger partial charge in [0.05, 0.1) is 5.52 Å². The molecule has 4 rings (SSSR count). The molecule has 0 saturated heterocycles. The number of amides is 2. The number of aromatic nitrogens is 3. The van der Waals surface area contributed by atoms with Crippen LogP contribution in [0.3, 0.4) is 0 Å². The second-order valence-corrected chi connectivity index (χ2v) is 6.40. The molecule has 7 heteroatoms. The number of carbonyl (C=O) groups is 2. The Labute approximate surface area is 150 Å². The number of hydrogen-bond acceptors (Lipinski definition) is 4. The highest BCUT2D eigenvalue weighted by Gasteiger charge is 2.29. The van der Waals surface area contributed by atoms with Crippen LogP contribution >= 0.6 is 0 Å². The third-order valence-corrected chi connectivity index (χ3v) is 4.43. The van der Waals surface area contributed by atoms with Crippen molar-refractivity contribution in [2.24, 2.45) is 5.92 Å². The van der Waals surface area contributed by atoms with E-state index in [4.69, 9.17) is 0 Å². The summed E-state index contributed by atoms with van der Waals surface area (Å²) in [5.74, 6) is 0.0119. The van der Waals surface area contributed by atoms with Crippen molar-refractivity contribution in [3.8, 4) is 0 Å². The summed E-state index contributed by atoms with van der Waals surface area (Å²) >= 11 is 0. The minimum atomic E-state index is -0.215. The minimum absolute atomic E-state index is 0.0650. The molecule has 3 aromatic rings. The second kappa shape index (κ2) is 6.59. The van der Waals surface area contributed by atoms with Crippen molar-refractivity contribution >= 4 is 34.2 Å². The maximum Gasteiger partial charge on any atom is 0.255 e. The first kappa shape index (κ1) is 16.3. The molecule has 1 aromatic heterocycles. The highest BCUT2D eigenvalue weighted by Crippen LogP contribution is 2.30. The molecule has 7 nitrogen and oxygen atoms in total. The standard InChI is InChI=1S/C19H19N5O2/c1-2-24-17-10-5-13(11-16(17)22-23-24)19(26)21-15-8-6-14(7-9-15)20-18(25)12-3-4-12/h5-12H,2-4H2,1H3,(H,20,25)(H,21,26). The van der Waals surface area contributed by atoms with Gasteiger partial charge in [0.15, 0.2) is 0 Å². The van der Waals surface area contributed by atoms with Crippen LogP contribution in [0.15, 0.2) is 42.5 Å². The van der Waals surface area contributed by atoms with Gasteiger partial charge in [-0.25, -0.2) is 4.68 Å². The maximum absolute atomic E-state index is 12.5.